The lowest BCUT2D eigenvalue weighted by Crippen LogP contribution is -2.27. The highest BCUT2D eigenvalue weighted by atomic mass is 35.5. The Morgan fingerprint density at radius 1 is 0.970 bits per heavy atom. The molecule has 0 bridgehead atoms. The van der Waals surface area contributed by atoms with Gasteiger partial charge >= 0.3 is 0 Å². The highest BCUT2D eigenvalue weighted by Crippen LogP contribution is 2.39. The fourth-order valence-electron chi connectivity index (χ4n) is 3.60. The average molecular weight is 502 g/mol. The maximum absolute atomic E-state index is 13.2. The van der Waals surface area contributed by atoms with E-state index in [0.717, 1.165) is 38.7 Å². The first-order valence-corrected chi connectivity index (χ1v) is 12.0. The molecule has 170 valence electrons. The number of nitrogens with zero attached hydrogens (tertiary/aromatic N) is 1. The zero-order valence-corrected chi connectivity index (χ0v) is 20.4. The minimum Gasteiger partial charge on any atom is -0.494 e. The number of amides is 2. The highest BCUT2D eigenvalue weighted by molar-refractivity contribution is 8.18. The SMILES string of the molecule is CCOc1ccc2ccc(OCC)c(/C=C3\SC(=O)N(Cc4c(Cl)cccc4Cl)C3=O)c2c1. The van der Waals surface area contributed by atoms with Gasteiger partial charge in [-0.3, -0.25) is 14.5 Å². The number of fused-ring (bicyclic) bond motifs is 1. The van der Waals surface area contributed by atoms with Crippen LogP contribution in [-0.4, -0.2) is 29.3 Å². The summed E-state index contributed by atoms with van der Waals surface area (Å²) in [6, 6.07) is 14.7. The summed E-state index contributed by atoms with van der Waals surface area (Å²) in [7, 11) is 0. The van der Waals surface area contributed by atoms with E-state index in [0.29, 0.717) is 39.5 Å². The quantitative estimate of drug-likeness (QED) is 0.321. The lowest BCUT2D eigenvalue weighted by Gasteiger charge is -2.15. The van der Waals surface area contributed by atoms with Crippen LogP contribution in [-0.2, 0) is 11.3 Å². The van der Waals surface area contributed by atoms with Gasteiger partial charge in [-0.15, -0.1) is 0 Å². The number of hydrogen-bond acceptors (Lipinski definition) is 5. The van der Waals surface area contributed by atoms with Crippen LogP contribution in [0.15, 0.2) is 53.4 Å². The van der Waals surface area contributed by atoms with Gasteiger partial charge in [-0.05, 0) is 72.8 Å². The number of carbonyl (C=O) groups excluding carboxylic acids is 2. The van der Waals surface area contributed by atoms with E-state index in [-0.39, 0.29) is 11.8 Å². The molecule has 1 fully saturated rings. The van der Waals surface area contributed by atoms with E-state index in [1.165, 1.54) is 0 Å². The maximum atomic E-state index is 13.2. The predicted molar refractivity (Wildman–Crippen MR) is 134 cm³/mol. The Morgan fingerprint density at radius 2 is 1.67 bits per heavy atom. The van der Waals surface area contributed by atoms with Crippen molar-refractivity contribution in [1.82, 2.24) is 4.90 Å². The van der Waals surface area contributed by atoms with E-state index in [1.54, 1.807) is 24.3 Å². The standard InChI is InChI=1S/C25H21Cl2NO4S/c1-3-31-16-10-8-15-9-11-22(32-4-2)18(17(15)12-16)13-23-24(29)28(25(30)33-23)14-19-20(26)6-5-7-21(19)27/h5-13H,3-4,14H2,1-2H3/b23-13-. The first-order chi connectivity index (χ1) is 15.9. The summed E-state index contributed by atoms with van der Waals surface area (Å²) in [5.41, 5.74) is 1.25. The second kappa shape index (κ2) is 10.1. The fraction of sp³-hybridized carbons (Fsp3) is 0.200. The number of ether oxygens (including phenoxy) is 2. The summed E-state index contributed by atoms with van der Waals surface area (Å²) < 4.78 is 11.5. The van der Waals surface area contributed by atoms with E-state index in [2.05, 4.69) is 0 Å². The maximum Gasteiger partial charge on any atom is 0.293 e. The Bertz CT molecular complexity index is 1250. The molecule has 0 atom stereocenters. The molecule has 0 unspecified atom stereocenters. The molecular formula is C25H21Cl2NO4S. The third-order valence-corrected chi connectivity index (χ3v) is 6.75. The lowest BCUT2D eigenvalue weighted by molar-refractivity contribution is -0.123. The van der Waals surface area contributed by atoms with Crippen LogP contribution >= 0.6 is 35.0 Å². The van der Waals surface area contributed by atoms with Gasteiger partial charge in [0.05, 0.1) is 24.7 Å². The largest absolute Gasteiger partial charge is 0.494 e. The van der Waals surface area contributed by atoms with E-state index in [9.17, 15) is 9.59 Å². The van der Waals surface area contributed by atoms with Gasteiger partial charge in [0.2, 0.25) is 0 Å². The summed E-state index contributed by atoms with van der Waals surface area (Å²) in [6.45, 7) is 4.82. The molecule has 5 nitrogen and oxygen atoms in total. The molecule has 3 aromatic carbocycles. The van der Waals surface area contributed by atoms with Crippen molar-refractivity contribution in [1.29, 1.82) is 0 Å². The van der Waals surface area contributed by atoms with Crippen LogP contribution in [0.25, 0.3) is 16.8 Å². The highest BCUT2D eigenvalue weighted by Gasteiger charge is 2.36. The van der Waals surface area contributed by atoms with Crippen molar-refractivity contribution < 1.29 is 19.1 Å². The van der Waals surface area contributed by atoms with Crippen molar-refractivity contribution >= 4 is 63.0 Å². The number of carbonyl (C=O) groups is 2. The van der Waals surface area contributed by atoms with Crippen molar-refractivity contribution in [2.75, 3.05) is 13.2 Å². The molecule has 1 saturated heterocycles. The van der Waals surface area contributed by atoms with Crippen LogP contribution in [0.5, 0.6) is 11.5 Å². The molecule has 0 aromatic heterocycles. The number of rotatable bonds is 7. The third-order valence-electron chi connectivity index (χ3n) is 5.13. The van der Waals surface area contributed by atoms with Crippen LogP contribution < -0.4 is 9.47 Å². The molecule has 0 aliphatic carbocycles. The zero-order chi connectivity index (χ0) is 23.5. The Labute approximate surface area is 206 Å². The fourth-order valence-corrected chi connectivity index (χ4v) is 4.93. The van der Waals surface area contributed by atoms with Crippen LogP contribution in [0.1, 0.15) is 25.0 Å². The molecule has 0 saturated carbocycles. The van der Waals surface area contributed by atoms with Gasteiger partial charge in [0.25, 0.3) is 11.1 Å². The van der Waals surface area contributed by atoms with Gasteiger partial charge in [0.1, 0.15) is 11.5 Å². The molecule has 33 heavy (non-hydrogen) atoms. The second-order valence-corrected chi connectivity index (χ2v) is 9.00. The molecule has 0 radical (unpaired) electrons. The summed E-state index contributed by atoms with van der Waals surface area (Å²) in [6.07, 6.45) is 1.71. The normalized spacial score (nSPS) is 15.0. The first-order valence-electron chi connectivity index (χ1n) is 10.4. The van der Waals surface area contributed by atoms with Crippen molar-refractivity contribution in [2.45, 2.75) is 20.4 Å². The minimum absolute atomic E-state index is 0.00283. The van der Waals surface area contributed by atoms with Crippen LogP contribution in [0.4, 0.5) is 4.79 Å². The molecule has 1 heterocycles. The average Bonchev–Trinajstić information content (AvgIpc) is 3.05. The molecule has 4 rings (SSSR count). The number of halogens is 2. The van der Waals surface area contributed by atoms with Crippen LogP contribution in [0, 0.1) is 0 Å². The summed E-state index contributed by atoms with van der Waals surface area (Å²) in [5.74, 6) is 0.941. The summed E-state index contributed by atoms with van der Waals surface area (Å²) in [5, 5.41) is 2.27. The zero-order valence-electron chi connectivity index (χ0n) is 18.1. The molecule has 1 aliphatic rings. The van der Waals surface area contributed by atoms with Crippen molar-refractivity contribution in [3.63, 3.8) is 0 Å². The summed E-state index contributed by atoms with van der Waals surface area (Å²) >= 11 is 13.4. The van der Waals surface area contributed by atoms with E-state index >= 15 is 0 Å². The molecule has 0 N–H and O–H groups in total. The van der Waals surface area contributed by atoms with Crippen LogP contribution in [0.3, 0.4) is 0 Å². The second-order valence-electron chi connectivity index (χ2n) is 7.19. The van der Waals surface area contributed by atoms with Crippen molar-refractivity contribution in [3.05, 3.63) is 74.6 Å². The first kappa shape index (κ1) is 23.5. The number of hydrogen-bond donors (Lipinski definition) is 0. The molecule has 1 aliphatic heterocycles. The monoisotopic (exact) mass is 501 g/mol. The van der Waals surface area contributed by atoms with Crippen molar-refractivity contribution in [3.8, 4) is 11.5 Å². The number of thioether (sulfide) groups is 1. The van der Waals surface area contributed by atoms with Gasteiger partial charge in [-0.1, -0.05) is 41.4 Å². The molecule has 2 amide bonds. The van der Waals surface area contributed by atoms with Crippen molar-refractivity contribution in [2.24, 2.45) is 0 Å². The lowest BCUT2D eigenvalue weighted by atomic mass is 10.0. The third kappa shape index (κ3) is 4.83. The van der Waals surface area contributed by atoms with Gasteiger partial charge in [-0.25, -0.2) is 0 Å². The van der Waals surface area contributed by atoms with Gasteiger partial charge in [0.15, 0.2) is 0 Å². The Morgan fingerprint density at radius 3 is 2.36 bits per heavy atom. The topological polar surface area (TPSA) is 55.8 Å². The number of benzene rings is 3. The molecule has 8 heteroatoms. The molecule has 3 aromatic rings. The Hall–Kier alpha value is -2.67. The Kier molecular flexibility index (Phi) is 7.17. The van der Waals surface area contributed by atoms with E-state index < -0.39 is 5.91 Å². The van der Waals surface area contributed by atoms with E-state index in [4.69, 9.17) is 32.7 Å². The van der Waals surface area contributed by atoms with Gasteiger partial charge in [-0.2, -0.15) is 0 Å². The number of imide groups is 1. The minimum atomic E-state index is -0.401. The van der Waals surface area contributed by atoms with E-state index in [1.807, 2.05) is 44.2 Å². The Balaban J connectivity index is 1.75. The van der Waals surface area contributed by atoms with Gasteiger partial charge < -0.3 is 9.47 Å². The van der Waals surface area contributed by atoms with Gasteiger partial charge in [0, 0.05) is 21.2 Å². The smallest absolute Gasteiger partial charge is 0.293 e. The van der Waals surface area contributed by atoms with Crippen LogP contribution in [0.2, 0.25) is 10.0 Å². The predicted octanol–water partition coefficient (Wildman–Crippen LogP) is 7.18. The molecule has 0 spiro atoms. The summed E-state index contributed by atoms with van der Waals surface area (Å²) in [4.78, 5) is 27.4. The molecular weight excluding hydrogens is 481 g/mol.